The fourth-order valence-corrected chi connectivity index (χ4v) is 2.01. The van der Waals surface area contributed by atoms with E-state index in [0.717, 1.165) is 14.9 Å². The van der Waals surface area contributed by atoms with Crippen LogP contribution in [0.5, 0.6) is 0 Å². The second kappa shape index (κ2) is 6.06. The molecule has 0 aromatic heterocycles. The number of benzene rings is 2. The highest BCUT2D eigenvalue weighted by atomic mass is 127. The Kier molecular flexibility index (Phi) is 4.42. The molecule has 0 saturated carbocycles. The van der Waals surface area contributed by atoms with E-state index in [4.69, 9.17) is 0 Å². The Balaban J connectivity index is 2.09. The summed E-state index contributed by atoms with van der Waals surface area (Å²) in [5.74, 6) is -0.0912. The van der Waals surface area contributed by atoms with Gasteiger partial charge in [-0.1, -0.05) is 0 Å². The molecule has 0 spiro atoms. The molecule has 0 fully saturated rings. The predicted octanol–water partition coefficient (Wildman–Crippen LogP) is 3.61. The second-order valence-corrected chi connectivity index (χ2v) is 5.65. The van der Waals surface area contributed by atoms with Gasteiger partial charge in [0.1, 0.15) is 0 Å². The summed E-state index contributed by atoms with van der Waals surface area (Å²) >= 11 is 2.23. The molecule has 0 aliphatic carbocycles. The van der Waals surface area contributed by atoms with Gasteiger partial charge in [-0.2, -0.15) is 0 Å². The van der Waals surface area contributed by atoms with Crippen LogP contribution in [0.15, 0.2) is 48.5 Å². The number of anilines is 2. The maximum Gasteiger partial charge on any atom is 0.255 e. The van der Waals surface area contributed by atoms with Gasteiger partial charge in [0.05, 0.1) is 0 Å². The highest BCUT2D eigenvalue weighted by Crippen LogP contribution is 2.15. The molecule has 1 N–H and O–H groups in total. The molecule has 0 unspecified atom stereocenters. The van der Waals surface area contributed by atoms with Crippen LogP contribution in [0.2, 0.25) is 0 Å². The summed E-state index contributed by atoms with van der Waals surface area (Å²) in [7, 11) is 3.95. The van der Waals surface area contributed by atoms with E-state index in [1.54, 1.807) is 0 Å². The van der Waals surface area contributed by atoms with Crippen molar-refractivity contribution in [2.24, 2.45) is 0 Å². The molecule has 0 aliphatic heterocycles. The SMILES string of the molecule is CN(C)c1ccc(C(=O)Nc2ccc(I)cc2)cc1. The monoisotopic (exact) mass is 366 g/mol. The van der Waals surface area contributed by atoms with Crippen LogP contribution in [-0.2, 0) is 0 Å². The smallest absolute Gasteiger partial charge is 0.255 e. The lowest BCUT2D eigenvalue weighted by Gasteiger charge is -2.12. The Hall–Kier alpha value is -1.56. The van der Waals surface area contributed by atoms with Crippen molar-refractivity contribution in [3.63, 3.8) is 0 Å². The first kappa shape index (κ1) is 13.9. The van der Waals surface area contributed by atoms with Crippen LogP contribution in [-0.4, -0.2) is 20.0 Å². The average molecular weight is 366 g/mol. The molecule has 0 atom stereocenters. The van der Waals surface area contributed by atoms with Crippen molar-refractivity contribution in [2.75, 3.05) is 24.3 Å². The van der Waals surface area contributed by atoms with Crippen LogP contribution >= 0.6 is 22.6 Å². The van der Waals surface area contributed by atoms with E-state index >= 15 is 0 Å². The van der Waals surface area contributed by atoms with Crippen molar-refractivity contribution in [3.05, 3.63) is 57.7 Å². The van der Waals surface area contributed by atoms with Crippen molar-refractivity contribution in [1.29, 1.82) is 0 Å². The van der Waals surface area contributed by atoms with Crippen molar-refractivity contribution < 1.29 is 4.79 Å². The lowest BCUT2D eigenvalue weighted by Crippen LogP contribution is -2.13. The number of carbonyl (C=O) groups is 1. The van der Waals surface area contributed by atoms with Crippen LogP contribution in [0.3, 0.4) is 0 Å². The Morgan fingerprint density at radius 2 is 1.58 bits per heavy atom. The Bertz CT molecular complexity index is 562. The summed E-state index contributed by atoms with van der Waals surface area (Å²) in [4.78, 5) is 14.1. The van der Waals surface area contributed by atoms with E-state index in [-0.39, 0.29) is 5.91 Å². The van der Waals surface area contributed by atoms with Crippen LogP contribution < -0.4 is 10.2 Å². The van der Waals surface area contributed by atoms with Crippen LogP contribution in [0.25, 0.3) is 0 Å². The molecule has 0 saturated heterocycles. The molecular formula is C15H15IN2O. The fraction of sp³-hybridized carbons (Fsp3) is 0.133. The van der Waals surface area contributed by atoms with Crippen molar-refractivity contribution in [2.45, 2.75) is 0 Å². The first-order valence-electron chi connectivity index (χ1n) is 5.90. The third-order valence-corrected chi connectivity index (χ3v) is 3.47. The summed E-state index contributed by atoms with van der Waals surface area (Å²) in [6.07, 6.45) is 0. The largest absolute Gasteiger partial charge is 0.378 e. The minimum atomic E-state index is -0.0912. The molecule has 2 rings (SSSR count). The maximum absolute atomic E-state index is 12.1. The summed E-state index contributed by atoms with van der Waals surface area (Å²) in [6.45, 7) is 0. The number of hydrogen-bond acceptors (Lipinski definition) is 2. The van der Waals surface area contributed by atoms with E-state index in [0.29, 0.717) is 5.56 Å². The van der Waals surface area contributed by atoms with Crippen molar-refractivity contribution in [3.8, 4) is 0 Å². The molecule has 2 aromatic rings. The predicted molar refractivity (Wildman–Crippen MR) is 87.9 cm³/mol. The number of rotatable bonds is 3. The fourth-order valence-electron chi connectivity index (χ4n) is 1.65. The minimum Gasteiger partial charge on any atom is -0.378 e. The van der Waals surface area contributed by atoms with Gasteiger partial charge in [-0.15, -0.1) is 0 Å². The molecule has 2 aromatic carbocycles. The van der Waals surface area contributed by atoms with E-state index in [1.165, 1.54) is 0 Å². The van der Waals surface area contributed by atoms with Crippen LogP contribution in [0, 0.1) is 3.57 Å². The van der Waals surface area contributed by atoms with Crippen LogP contribution in [0.1, 0.15) is 10.4 Å². The molecule has 4 heteroatoms. The average Bonchev–Trinajstić information content (AvgIpc) is 2.41. The van der Waals surface area contributed by atoms with Gasteiger partial charge in [-0.25, -0.2) is 0 Å². The third kappa shape index (κ3) is 3.70. The molecule has 98 valence electrons. The van der Waals surface area contributed by atoms with E-state index in [2.05, 4.69) is 27.9 Å². The summed E-state index contributed by atoms with van der Waals surface area (Å²) in [5, 5.41) is 2.88. The summed E-state index contributed by atoms with van der Waals surface area (Å²) in [6, 6.07) is 15.2. The molecular weight excluding hydrogens is 351 g/mol. The number of halogens is 1. The lowest BCUT2D eigenvalue weighted by molar-refractivity contribution is 0.102. The maximum atomic E-state index is 12.1. The quantitative estimate of drug-likeness (QED) is 0.842. The molecule has 3 nitrogen and oxygen atoms in total. The molecule has 19 heavy (non-hydrogen) atoms. The highest BCUT2D eigenvalue weighted by Gasteiger charge is 2.06. The van der Waals surface area contributed by atoms with Gasteiger partial charge in [0.25, 0.3) is 5.91 Å². The first-order valence-corrected chi connectivity index (χ1v) is 6.98. The normalized spacial score (nSPS) is 10.1. The number of nitrogens with one attached hydrogen (secondary N) is 1. The van der Waals surface area contributed by atoms with Crippen molar-refractivity contribution >= 4 is 39.9 Å². The van der Waals surface area contributed by atoms with Gasteiger partial charge in [-0.3, -0.25) is 4.79 Å². The summed E-state index contributed by atoms with van der Waals surface area (Å²) in [5.41, 5.74) is 2.54. The lowest BCUT2D eigenvalue weighted by atomic mass is 10.2. The third-order valence-electron chi connectivity index (χ3n) is 2.75. The number of nitrogens with zero attached hydrogens (tertiary/aromatic N) is 1. The standard InChI is InChI=1S/C15H15IN2O/c1-18(2)14-9-3-11(4-10-14)15(19)17-13-7-5-12(16)6-8-13/h3-10H,1-2H3,(H,17,19). The van der Waals surface area contributed by atoms with Gasteiger partial charge in [0, 0.05) is 34.6 Å². The number of carbonyl (C=O) groups excluding carboxylic acids is 1. The first-order chi connectivity index (χ1) is 9.06. The molecule has 1 amide bonds. The minimum absolute atomic E-state index is 0.0912. The van der Waals surface area contributed by atoms with Crippen LogP contribution in [0.4, 0.5) is 11.4 Å². The molecule has 0 heterocycles. The van der Waals surface area contributed by atoms with E-state index in [1.807, 2.05) is 67.5 Å². The second-order valence-electron chi connectivity index (χ2n) is 4.40. The number of amides is 1. The Labute approximate surface area is 126 Å². The molecule has 0 radical (unpaired) electrons. The zero-order valence-corrected chi connectivity index (χ0v) is 13.0. The Morgan fingerprint density at radius 1 is 1.00 bits per heavy atom. The number of hydrogen-bond donors (Lipinski definition) is 1. The van der Waals surface area contributed by atoms with Crippen molar-refractivity contribution in [1.82, 2.24) is 0 Å². The van der Waals surface area contributed by atoms with E-state index < -0.39 is 0 Å². The van der Waals surface area contributed by atoms with Gasteiger partial charge in [-0.05, 0) is 71.1 Å². The zero-order valence-electron chi connectivity index (χ0n) is 10.9. The van der Waals surface area contributed by atoms with E-state index in [9.17, 15) is 4.79 Å². The van der Waals surface area contributed by atoms with Gasteiger partial charge in [0.15, 0.2) is 0 Å². The molecule has 0 bridgehead atoms. The highest BCUT2D eigenvalue weighted by molar-refractivity contribution is 14.1. The molecule has 0 aliphatic rings. The zero-order chi connectivity index (χ0) is 13.8. The van der Waals surface area contributed by atoms with Gasteiger partial charge >= 0.3 is 0 Å². The topological polar surface area (TPSA) is 32.3 Å². The summed E-state index contributed by atoms with van der Waals surface area (Å²) < 4.78 is 1.14. The van der Waals surface area contributed by atoms with Gasteiger partial charge in [0.2, 0.25) is 0 Å². The van der Waals surface area contributed by atoms with Gasteiger partial charge < -0.3 is 10.2 Å². The Morgan fingerprint density at radius 3 is 2.11 bits per heavy atom.